The molecule has 0 aromatic heterocycles. The standard InChI is InChI=1S/2C21H17.2CH3.2ClH.H2Si.Zr/c2*1-2-15-14-17-9-4-6-12-19(17)21(15)20-13-7-10-16-8-3-5-11-18(16)20;;;;;;/h2*3-14H,2H2,1H3;2*1H3;2*1H;1H2;. The molecule has 0 aliphatic heterocycles. The van der Waals surface area contributed by atoms with Crippen molar-refractivity contribution in [2.45, 2.75) is 43.2 Å². The summed E-state index contributed by atoms with van der Waals surface area (Å²) in [5.41, 5.74) is 15.2. The number of halogens is 2. The van der Waals surface area contributed by atoms with E-state index in [1.54, 1.807) is 22.3 Å². The Morgan fingerprint density at radius 2 is 0.792 bits per heavy atom. The fraction of sp³-hybridized carbons (Fsp3) is 0.182. The van der Waals surface area contributed by atoms with Gasteiger partial charge in [-0.25, -0.2) is 0 Å². The monoisotopic (exact) mass is 760 g/mol. The number of hydrogen-bond acceptors (Lipinski definition) is 0. The van der Waals surface area contributed by atoms with E-state index in [-0.39, 0.29) is 24.8 Å². The van der Waals surface area contributed by atoms with E-state index in [0.717, 1.165) is 12.8 Å². The minimum absolute atomic E-state index is 0. The Hall–Kier alpha value is -3.00. The van der Waals surface area contributed by atoms with Gasteiger partial charge in [-0.3, -0.25) is 0 Å². The van der Waals surface area contributed by atoms with Crippen LogP contribution in [0.1, 0.15) is 67.3 Å². The Balaban J connectivity index is 0.00000201. The van der Waals surface area contributed by atoms with E-state index in [0.29, 0.717) is 7.25 Å². The van der Waals surface area contributed by atoms with Gasteiger partial charge < -0.3 is 0 Å². The van der Waals surface area contributed by atoms with Crippen LogP contribution in [0.3, 0.4) is 0 Å². The molecular formula is C44H44Cl2SiZr. The number of allylic oxidation sites excluding steroid dienone is 2. The quantitative estimate of drug-likeness (QED) is 0.148. The molecule has 48 heavy (non-hydrogen) atoms. The first-order valence-corrected chi connectivity index (χ1v) is 30.7. The summed E-state index contributed by atoms with van der Waals surface area (Å²) in [6.07, 6.45) is 2.13. The van der Waals surface area contributed by atoms with E-state index in [2.05, 4.69) is 163 Å². The predicted molar refractivity (Wildman–Crippen MR) is 214 cm³/mol. The molecule has 4 heteroatoms. The Kier molecular flexibility index (Phi) is 9.46. The number of fused-ring (bicyclic) bond motifs is 4. The Bertz CT molecular complexity index is 2170. The van der Waals surface area contributed by atoms with Crippen molar-refractivity contribution in [1.29, 1.82) is 0 Å². The van der Waals surface area contributed by atoms with Gasteiger partial charge in [0, 0.05) is 0 Å². The molecule has 2 aliphatic rings. The van der Waals surface area contributed by atoms with Crippen LogP contribution in [-0.2, 0) is 17.4 Å². The molecule has 0 saturated heterocycles. The maximum absolute atomic E-state index is 3.84. The predicted octanol–water partition coefficient (Wildman–Crippen LogP) is 12.4. The first-order chi connectivity index (χ1) is 22.3. The van der Waals surface area contributed by atoms with Crippen LogP contribution >= 0.6 is 24.8 Å². The zero-order valence-corrected chi connectivity index (χ0v) is 33.8. The van der Waals surface area contributed by atoms with Crippen LogP contribution in [-0.4, -0.2) is 6.88 Å². The van der Waals surface area contributed by atoms with Crippen LogP contribution in [0.25, 0.3) is 32.7 Å². The largest absolute Gasteiger partial charge is 0.147 e. The van der Waals surface area contributed by atoms with Crippen molar-refractivity contribution in [2.75, 3.05) is 0 Å². The topological polar surface area (TPSA) is 0 Å². The van der Waals surface area contributed by atoms with Crippen molar-refractivity contribution in [2.24, 2.45) is 0 Å². The van der Waals surface area contributed by atoms with E-state index in [1.807, 2.05) is 0 Å². The number of hydrogen-bond donors (Lipinski definition) is 0. The fourth-order valence-corrected chi connectivity index (χ4v) is 29.5. The molecule has 6 aromatic carbocycles. The molecule has 0 nitrogen and oxygen atoms in total. The average Bonchev–Trinajstić information content (AvgIpc) is 3.62. The third-order valence-electron chi connectivity index (χ3n) is 11.2. The third kappa shape index (κ3) is 5.18. The van der Waals surface area contributed by atoms with Gasteiger partial charge in [0.2, 0.25) is 0 Å². The summed E-state index contributed by atoms with van der Waals surface area (Å²) in [5.74, 6) is 0. The summed E-state index contributed by atoms with van der Waals surface area (Å²) < 4.78 is 6.54. The van der Waals surface area contributed by atoms with Gasteiger partial charge >= 0.3 is 278 Å². The molecule has 0 heterocycles. The molecule has 0 radical (unpaired) electrons. The van der Waals surface area contributed by atoms with Crippen LogP contribution in [0.15, 0.2) is 145 Å². The Morgan fingerprint density at radius 1 is 0.458 bits per heavy atom. The van der Waals surface area contributed by atoms with Gasteiger partial charge in [0.25, 0.3) is 0 Å². The summed E-state index contributed by atoms with van der Waals surface area (Å²) in [4.78, 5) is 0. The maximum atomic E-state index is 2.80. The second-order valence-electron chi connectivity index (χ2n) is 14.5. The van der Waals surface area contributed by atoms with Gasteiger partial charge in [-0.2, -0.15) is 0 Å². The van der Waals surface area contributed by atoms with Gasteiger partial charge in [0.05, 0.1) is 0 Å². The van der Waals surface area contributed by atoms with Crippen LogP contribution < -0.4 is 0 Å². The van der Waals surface area contributed by atoms with Crippen LogP contribution in [0, 0.1) is 0 Å². The van der Waals surface area contributed by atoms with Crippen molar-refractivity contribution in [3.63, 3.8) is 0 Å². The molecule has 2 aliphatic carbocycles. The van der Waals surface area contributed by atoms with Gasteiger partial charge in [-0.05, 0) is 0 Å². The van der Waals surface area contributed by atoms with Gasteiger partial charge in [0.15, 0.2) is 0 Å². The van der Waals surface area contributed by atoms with E-state index in [1.165, 1.54) is 54.9 Å². The zero-order valence-electron chi connectivity index (χ0n) is 28.3. The van der Waals surface area contributed by atoms with Gasteiger partial charge in [0.1, 0.15) is 0 Å². The van der Waals surface area contributed by atoms with Crippen molar-refractivity contribution in [1.82, 2.24) is 0 Å². The molecule has 0 fully saturated rings. The van der Waals surface area contributed by atoms with Crippen molar-refractivity contribution >= 4 is 64.4 Å². The fourth-order valence-electron chi connectivity index (χ4n) is 9.58. The molecule has 242 valence electrons. The van der Waals surface area contributed by atoms with Crippen LogP contribution in [0.2, 0.25) is 9.26 Å². The van der Waals surface area contributed by atoms with E-state index in [9.17, 15) is 0 Å². The molecule has 2 unspecified atom stereocenters. The summed E-state index contributed by atoms with van der Waals surface area (Å²) >= 11 is -3.84. The second kappa shape index (κ2) is 13.0. The van der Waals surface area contributed by atoms with Gasteiger partial charge in [-0.1, -0.05) is 0 Å². The molecule has 2 atom stereocenters. The maximum Gasteiger partial charge on any atom is -0.147 e. The Labute approximate surface area is 300 Å². The molecule has 0 spiro atoms. The minimum Gasteiger partial charge on any atom is -0.147 e. The van der Waals surface area contributed by atoms with Crippen LogP contribution in [0.4, 0.5) is 0 Å². The smallest absolute Gasteiger partial charge is 0.147 e. The second-order valence-corrected chi connectivity index (χ2v) is 45.0. The van der Waals surface area contributed by atoms with E-state index in [4.69, 9.17) is 0 Å². The van der Waals surface area contributed by atoms with Crippen molar-refractivity contribution in [3.05, 3.63) is 178 Å². The summed E-state index contributed by atoms with van der Waals surface area (Å²) in [5, 5.41) is 5.36. The normalized spacial score (nSPS) is 17.3. The molecule has 0 saturated carbocycles. The average molecular weight is 763 g/mol. The zero-order chi connectivity index (χ0) is 31.7. The van der Waals surface area contributed by atoms with Gasteiger partial charge in [-0.15, -0.1) is 24.8 Å². The minimum atomic E-state index is -3.84. The van der Waals surface area contributed by atoms with E-state index < -0.39 is 17.4 Å². The van der Waals surface area contributed by atoms with Crippen LogP contribution in [0.5, 0.6) is 0 Å². The summed E-state index contributed by atoms with van der Waals surface area (Å²) in [7, 11) is 0. The molecule has 0 bridgehead atoms. The first kappa shape index (κ1) is 34.8. The van der Waals surface area contributed by atoms with Crippen molar-refractivity contribution in [3.8, 4) is 0 Å². The molecule has 8 rings (SSSR count). The third-order valence-corrected chi connectivity index (χ3v) is 28.6. The SMILES string of the molecule is CCC1=C(c2cccc3ccccc23)c2ccccc2[CH]1[Zr]([CH3])([CH3])(=[SiH2])[CH]1C(CC)=C(c2cccc3ccccc23)c2ccccc21.Cl.Cl. The number of rotatable bonds is 6. The molecular weight excluding hydrogens is 719 g/mol. The molecule has 6 aromatic rings. The summed E-state index contributed by atoms with van der Waals surface area (Å²) in [6, 6.07) is 50.6. The van der Waals surface area contributed by atoms with Crippen molar-refractivity contribution < 1.29 is 17.4 Å². The van der Waals surface area contributed by atoms with E-state index >= 15 is 0 Å². The first-order valence-electron chi connectivity index (χ1n) is 17.0. The molecule has 0 N–H and O–H groups in total. The molecule has 0 amide bonds. The Morgan fingerprint density at radius 3 is 1.21 bits per heavy atom. The number of benzene rings is 6. The summed E-state index contributed by atoms with van der Waals surface area (Å²) in [6.45, 7) is 7.30.